The van der Waals surface area contributed by atoms with Gasteiger partial charge in [0.25, 0.3) is 20.2 Å². The van der Waals surface area contributed by atoms with Crippen molar-refractivity contribution >= 4 is 37.3 Å². The number of benzene rings is 2. The van der Waals surface area contributed by atoms with Gasteiger partial charge in [0, 0.05) is 5.69 Å². The van der Waals surface area contributed by atoms with Crippen LogP contribution in [-0.2, 0) is 20.2 Å². The third-order valence-electron chi connectivity index (χ3n) is 2.71. The van der Waals surface area contributed by atoms with Crippen LogP contribution in [0.1, 0.15) is 0 Å². The van der Waals surface area contributed by atoms with Gasteiger partial charge in [0.05, 0.1) is 11.4 Å². The van der Waals surface area contributed by atoms with Gasteiger partial charge in [-0.2, -0.15) is 16.8 Å². The smallest absolute Gasteiger partial charge is 0.298 e. The Kier molecular flexibility index (Phi) is 4.11. The van der Waals surface area contributed by atoms with Crippen LogP contribution in [0.5, 0.6) is 0 Å². The zero-order valence-electron chi connectivity index (χ0n) is 11.0. The summed E-state index contributed by atoms with van der Waals surface area (Å²) in [7, 11) is -9.94. The molecule has 22 heavy (non-hydrogen) atoms. The lowest BCUT2D eigenvalue weighted by Gasteiger charge is -2.14. The third-order valence-corrected chi connectivity index (χ3v) is 4.74. The molecule has 0 aliphatic heterocycles. The normalized spacial score (nSPS) is 12.1. The predicted octanol–water partition coefficient (Wildman–Crippen LogP) is 1.51. The maximum atomic E-state index is 11.5. The average Bonchev–Trinajstić information content (AvgIpc) is 2.39. The largest absolute Gasteiger partial charge is 0.398 e. The van der Waals surface area contributed by atoms with Crippen molar-refractivity contribution in [3.05, 3.63) is 42.5 Å². The highest BCUT2D eigenvalue weighted by atomic mass is 32.2. The fourth-order valence-electron chi connectivity index (χ4n) is 1.88. The highest BCUT2D eigenvalue weighted by Gasteiger charge is 2.30. The highest BCUT2D eigenvalue weighted by Crippen LogP contribution is 2.34. The number of hydrogen-bond acceptors (Lipinski definition) is 6. The van der Waals surface area contributed by atoms with Gasteiger partial charge in [0.2, 0.25) is 0 Å². The van der Waals surface area contributed by atoms with Crippen LogP contribution in [0.3, 0.4) is 0 Å². The van der Waals surface area contributed by atoms with E-state index < -0.39 is 35.7 Å². The maximum Gasteiger partial charge on any atom is 0.298 e. The molecule has 0 amide bonds. The molecule has 0 spiro atoms. The number of nitrogen functional groups attached to an aromatic ring is 1. The van der Waals surface area contributed by atoms with E-state index in [1.807, 2.05) is 0 Å². The van der Waals surface area contributed by atoms with Crippen molar-refractivity contribution in [2.24, 2.45) is 0 Å². The van der Waals surface area contributed by atoms with Crippen LogP contribution in [-0.4, -0.2) is 25.9 Å². The van der Waals surface area contributed by atoms with Crippen molar-refractivity contribution < 1.29 is 25.9 Å². The zero-order valence-corrected chi connectivity index (χ0v) is 12.6. The topological polar surface area (TPSA) is 147 Å². The first-order chi connectivity index (χ1) is 10.1. The second-order valence-corrected chi connectivity index (χ2v) is 7.02. The van der Waals surface area contributed by atoms with Crippen molar-refractivity contribution in [3.8, 4) is 0 Å². The van der Waals surface area contributed by atoms with Crippen LogP contribution in [0, 0.1) is 0 Å². The van der Waals surface area contributed by atoms with E-state index in [9.17, 15) is 25.9 Å². The van der Waals surface area contributed by atoms with Gasteiger partial charge in [-0.3, -0.25) is 9.11 Å². The van der Waals surface area contributed by atoms with Crippen LogP contribution < -0.4 is 11.1 Å². The van der Waals surface area contributed by atoms with E-state index in [1.165, 1.54) is 6.07 Å². The lowest BCUT2D eigenvalue weighted by Crippen LogP contribution is -2.13. The number of nitrogens with two attached hydrogens (primary N) is 1. The Balaban J connectivity index is 2.76. The number of nitrogens with one attached hydrogen (secondary N) is 1. The second kappa shape index (κ2) is 5.57. The fraction of sp³-hybridized carbons (Fsp3) is 0. The molecule has 0 aliphatic rings. The number of anilines is 3. The maximum absolute atomic E-state index is 11.5. The van der Waals surface area contributed by atoms with Crippen LogP contribution in [0.4, 0.5) is 17.1 Å². The molecule has 2 aromatic carbocycles. The summed E-state index contributed by atoms with van der Waals surface area (Å²) >= 11 is 0. The summed E-state index contributed by atoms with van der Waals surface area (Å²) in [6, 6.07) is 10.5. The van der Waals surface area contributed by atoms with E-state index >= 15 is 0 Å². The minimum Gasteiger partial charge on any atom is -0.398 e. The number of hydrogen-bond donors (Lipinski definition) is 4. The van der Waals surface area contributed by atoms with Crippen LogP contribution in [0.2, 0.25) is 0 Å². The van der Waals surface area contributed by atoms with Gasteiger partial charge in [-0.05, 0) is 24.3 Å². The molecule has 0 radical (unpaired) electrons. The standard InChI is InChI=1S/C12H12N2O6S2/c13-9-6-7-10(14-8-4-2-1-3-5-8)12(22(18,19)20)11(9)21(15,16)17/h1-7,14H,13H2,(H,15,16,17)(H,18,19,20). The summed E-state index contributed by atoms with van der Waals surface area (Å²) in [5, 5.41) is 2.65. The van der Waals surface area contributed by atoms with Gasteiger partial charge >= 0.3 is 0 Å². The molecule has 10 heteroatoms. The molecule has 2 rings (SSSR count). The molecule has 8 nitrogen and oxygen atoms in total. The zero-order chi connectivity index (χ0) is 16.5. The molecule has 0 saturated heterocycles. The molecule has 0 atom stereocenters. The molecular formula is C12H12N2O6S2. The molecule has 0 fully saturated rings. The summed E-state index contributed by atoms with van der Waals surface area (Å²) in [5.41, 5.74) is 5.12. The first-order valence-electron chi connectivity index (χ1n) is 5.80. The molecular weight excluding hydrogens is 332 g/mol. The predicted molar refractivity (Wildman–Crippen MR) is 80.2 cm³/mol. The molecule has 0 aliphatic carbocycles. The van der Waals surface area contributed by atoms with Crippen LogP contribution in [0.15, 0.2) is 52.3 Å². The molecule has 118 valence electrons. The quantitative estimate of drug-likeness (QED) is 0.482. The van der Waals surface area contributed by atoms with E-state index in [-0.39, 0.29) is 5.69 Å². The lowest BCUT2D eigenvalue weighted by molar-refractivity contribution is 0.467. The minimum atomic E-state index is -4.97. The summed E-state index contributed by atoms with van der Waals surface area (Å²) in [6.07, 6.45) is 0. The van der Waals surface area contributed by atoms with E-state index in [2.05, 4.69) is 5.32 Å². The molecule has 0 unspecified atom stereocenters. The Labute approximate surface area is 127 Å². The number of para-hydroxylation sites is 1. The summed E-state index contributed by atoms with van der Waals surface area (Å²) in [5.74, 6) is 0. The fourth-order valence-corrected chi connectivity index (χ4v) is 3.97. The first kappa shape index (κ1) is 16.2. The van der Waals surface area contributed by atoms with Crippen LogP contribution in [0.25, 0.3) is 0 Å². The Hall–Kier alpha value is -2.14. The molecule has 5 N–H and O–H groups in total. The Bertz CT molecular complexity index is 908. The highest BCUT2D eigenvalue weighted by molar-refractivity contribution is 7.89. The minimum absolute atomic E-state index is 0.240. The van der Waals surface area contributed by atoms with Crippen molar-refractivity contribution in [3.63, 3.8) is 0 Å². The van der Waals surface area contributed by atoms with Crippen molar-refractivity contribution in [1.82, 2.24) is 0 Å². The summed E-state index contributed by atoms with van der Waals surface area (Å²) in [4.78, 5) is -2.09. The molecule has 0 saturated carbocycles. The Morgan fingerprint density at radius 1 is 0.818 bits per heavy atom. The Morgan fingerprint density at radius 2 is 1.36 bits per heavy atom. The van der Waals surface area contributed by atoms with Gasteiger partial charge in [-0.1, -0.05) is 18.2 Å². The van der Waals surface area contributed by atoms with E-state index in [4.69, 9.17) is 5.73 Å². The number of rotatable bonds is 4. The summed E-state index contributed by atoms with van der Waals surface area (Å²) in [6.45, 7) is 0. The molecule has 2 aromatic rings. The van der Waals surface area contributed by atoms with Crippen molar-refractivity contribution in [1.29, 1.82) is 0 Å². The molecule has 0 bridgehead atoms. The van der Waals surface area contributed by atoms with E-state index in [0.29, 0.717) is 5.69 Å². The van der Waals surface area contributed by atoms with Gasteiger partial charge in [-0.25, -0.2) is 0 Å². The molecule has 0 heterocycles. The lowest BCUT2D eigenvalue weighted by atomic mass is 10.2. The van der Waals surface area contributed by atoms with E-state index in [0.717, 1.165) is 6.07 Å². The van der Waals surface area contributed by atoms with Gasteiger partial charge in [0.15, 0.2) is 0 Å². The Morgan fingerprint density at radius 3 is 1.86 bits per heavy atom. The van der Waals surface area contributed by atoms with E-state index in [1.54, 1.807) is 30.3 Å². The monoisotopic (exact) mass is 344 g/mol. The van der Waals surface area contributed by atoms with Crippen molar-refractivity contribution in [2.75, 3.05) is 11.1 Å². The van der Waals surface area contributed by atoms with Crippen LogP contribution >= 0.6 is 0 Å². The second-order valence-electron chi connectivity index (χ2n) is 4.30. The molecule has 0 aromatic heterocycles. The average molecular weight is 344 g/mol. The van der Waals surface area contributed by atoms with Gasteiger partial charge in [-0.15, -0.1) is 0 Å². The van der Waals surface area contributed by atoms with Gasteiger partial charge in [0.1, 0.15) is 9.79 Å². The third kappa shape index (κ3) is 3.36. The SMILES string of the molecule is Nc1ccc(Nc2ccccc2)c(S(=O)(=O)O)c1S(=O)(=O)O. The van der Waals surface area contributed by atoms with Gasteiger partial charge < -0.3 is 11.1 Å². The summed E-state index contributed by atoms with van der Waals surface area (Å²) < 4.78 is 64.4. The van der Waals surface area contributed by atoms with Crippen molar-refractivity contribution in [2.45, 2.75) is 9.79 Å². The first-order valence-corrected chi connectivity index (χ1v) is 8.68.